The first kappa shape index (κ1) is 24.9. The molecule has 0 fully saturated rings. The average Bonchev–Trinajstić information content (AvgIpc) is 2.58. The van der Waals surface area contributed by atoms with Gasteiger partial charge in [0, 0.05) is 31.8 Å². The second-order valence-corrected chi connectivity index (χ2v) is 7.61. The van der Waals surface area contributed by atoms with Crippen molar-refractivity contribution in [3.05, 3.63) is 0 Å². The summed E-state index contributed by atoms with van der Waals surface area (Å²) in [7, 11) is 0. The molecule has 0 aliphatic carbocycles. The van der Waals surface area contributed by atoms with Gasteiger partial charge in [-0.15, -0.1) is 0 Å². The van der Waals surface area contributed by atoms with Crippen LogP contribution in [0.2, 0.25) is 0 Å². The lowest BCUT2D eigenvalue weighted by Crippen LogP contribution is -2.49. The molecule has 25 heavy (non-hydrogen) atoms. The summed E-state index contributed by atoms with van der Waals surface area (Å²) in [6, 6.07) is 0. The Morgan fingerprint density at radius 2 is 1.16 bits per heavy atom. The molecule has 0 aromatic heterocycles. The Morgan fingerprint density at radius 3 is 1.72 bits per heavy atom. The summed E-state index contributed by atoms with van der Waals surface area (Å²) in [5.41, 5.74) is 0.0271. The van der Waals surface area contributed by atoms with Gasteiger partial charge in [0.25, 0.3) is 0 Å². The van der Waals surface area contributed by atoms with Gasteiger partial charge in [-0.3, -0.25) is 0 Å². The van der Waals surface area contributed by atoms with Crippen LogP contribution in [-0.2, 0) is 14.2 Å². The molecule has 0 unspecified atom stereocenters. The summed E-state index contributed by atoms with van der Waals surface area (Å²) in [5, 5.41) is 0. The summed E-state index contributed by atoms with van der Waals surface area (Å²) in [6.45, 7) is 16.1. The van der Waals surface area contributed by atoms with Crippen LogP contribution in [-0.4, -0.2) is 32.2 Å². The van der Waals surface area contributed by atoms with Crippen LogP contribution in [0.4, 0.5) is 0 Å². The van der Waals surface area contributed by atoms with Crippen LogP contribution < -0.4 is 0 Å². The van der Waals surface area contributed by atoms with Crippen LogP contribution >= 0.6 is 0 Å². The minimum absolute atomic E-state index is 0.0271. The average molecular weight is 359 g/mol. The Balaban J connectivity index is 4.70. The molecule has 0 saturated carbocycles. The first-order valence-corrected chi connectivity index (χ1v) is 10.8. The van der Waals surface area contributed by atoms with Gasteiger partial charge in [0.05, 0.1) is 0 Å². The number of rotatable bonds is 18. The summed E-state index contributed by atoms with van der Waals surface area (Å²) in [4.78, 5) is 0. The van der Waals surface area contributed by atoms with Crippen LogP contribution in [0.1, 0.15) is 106 Å². The van der Waals surface area contributed by atoms with Crippen molar-refractivity contribution in [2.24, 2.45) is 5.41 Å². The van der Waals surface area contributed by atoms with Crippen molar-refractivity contribution in [1.29, 1.82) is 0 Å². The van der Waals surface area contributed by atoms with Crippen molar-refractivity contribution in [2.75, 3.05) is 26.4 Å². The molecule has 0 aromatic rings. The largest absolute Gasteiger partial charge is 0.381 e. The van der Waals surface area contributed by atoms with Crippen molar-refractivity contribution >= 4 is 0 Å². The highest BCUT2D eigenvalue weighted by Gasteiger charge is 2.45. The molecule has 3 heteroatoms. The van der Waals surface area contributed by atoms with E-state index in [9.17, 15) is 0 Å². The van der Waals surface area contributed by atoms with E-state index in [1.54, 1.807) is 0 Å². The molecule has 0 aliphatic rings. The highest BCUT2D eigenvalue weighted by atomic mass is 16.7. The van der Waals surface area contributed by atoms with Gasteiger partial charge in [0.1, 0.15) is 0 Å². The van der Waals surface area contributed by atoms with Gasteiger partial charge in [-0.25, -0.2) is 0 Å². The third-order valence-corrected chi connectivity index (χ3v) is 5.38. The van der Waals surface area contributed by atoms with Gasteiger partial charge >= 0.3 is 0 Å². The Morgan fingerprint density at radius 1 is 0.600 bits per heavy atom. The SMILES string of the molecule is CCCCCCCC[C@](C)(CCCOCCC)C(C)(OCC)OCC. The minimum atomic E-state index is -0.509. The van der Waals surface area contributed by atoms with E-state index in [0.717, 1.165) is 38.9 Å². The maximum Gasteiger partial charge on any atom is 0.170 e. The monoisotopic (exact) mass is 358 g/mol. The first-order valence-electron chi connectivity index (χ1n) is 10.8. The lowest BCUT2D eigenvalue weighted by atomic mass is 9.73. The molecular weight excluding hydrogens is 312 g/mol. The van der Waals surface area contributed by atoms with Crippen LogP contribution in [0, 0.1) is 5.41 Å². The molecule has 0 spiro atoms. The van der Waals surface area contributed by atoms with Crippen molar-refractivity contribution in [3.63, 3.8) is 0 Å². The standard InChI is InChI=1S/C22H46O3/c1-7-11-12-13-14-15-17-21(5,18-16-20-23-19-8-2)22(6,24-9-3)25-10-4/h7-20H2,1-6H3/t21-/m1/s1. The fraction of sp³-hybridized carbons (Fsp3) is 1.00. The van der Waals surface area contributed by atoms with Gasteiger partial charge in [-0.05, 0) is 46.5 Å². The number of hydrogen-bond acceptors (Lipinski definition) is 3. The van der Waals surface area contributed by atoms with E-state index in [1.807, 2.05) is 0 Å². The number of unbranched alkanes of at least 4 members (excludes halogenated alkanes) is 5. The maximum atomic E-state index is 6.15. The zero-order valence-corrected chi connectivity index (χ0v) is 18.1. The molecule has 0 heterocycles. The molecule has 0 radical (unpaired) electrons. The molecule has 3 nitrogen and oxygen atoms in total. The van der Waals surface area contributed by atoms with Crippen LogP contribution in [0.15, 0.2) is 0 Å². The zero-order chi connectivity index (χ0) is 19.0. The molecule has 0 aliphatic heterocycles. The fourth-order valence-corrected chi connectivity index (χ4v) is 3.63. The van der Waals surface area contributed by atoms with Crippen LogP contribution in [0.25, 0.3) is 0 Å². The Hall–Kier alpha value is -0.120. The van der Waals surface area contributed by atoms with Crippen molar-refractivity contribution in [3.8, 4) is 0 Å². The van der Waals surface area contributed by atoms with E-state index < -0.39 is 5.79 Å². The third-order valence-electron chi connectivity index (χ3n) is 5.38. The lowest BCUT2D eigenvalue weighted by molar-refractivity contribution is -0.286. The Labute approximate surface area is 158 Å². The fourth-order valence-electron chi connectivity index (χ4n) is 3.63. The molecular formula is C22H46O3. The predicted molar refractivity (Wildman–Crippen MR) is 108 cm³/mol. The molecule has 1 atom stereocenters. The second kappa shape index (κ2) is 15.0. The Bertz CT molecular complexity index is 287. The lowest BCUT2D eigenvalue weighted by Gasteiger charge is -2.46. The van der Waals surface area contributed by atoms with E-state index in [1.165, 1.54) is 38.5 Å². The molecule has 0 rings (SSSR count). The number of hydrogen-bond donors (Lipinski definition) is 0. The van der Waals surface area contributed by atoms with Gasteiger partial charge in [0.2, 0.25) is 0 Å². The highest BCUT2D eigenvalue weighted by Crippen LogP contribution is 2.44. The zero-order valence-electron chi connectivity index (χ0n) is 18.1. The third kappa shape index (κ3) is 9.96. The predicted octanol–water partition coefficient (Wildman–Crippen LogP) is 6.74. The first-order chi connectivity index (χ1) is 12.0. The summed E-state index contributed by atoms with van der Waals surface area (Å²) < 4.78 is 18.0. The van der Waals surface area contributed by atoms with E-state index >= 15 is 0 Å². The molecule has 0 bridgehead atoms. The smallest absolute Gasteiger partial charge is 0.170 e. The normalized spacial score (nSPS) is 14.6. The molecule has 0 saturated heterocycles. The second-order valence-electron chi connectivity index (χ2n) is 7.61. The van der Waals surface area contributed by atoms with Gasteiger partial charge in [0.15, 0.2) is 5.79 Å². The van der Waals surface area contributed by atoms with E-state index in [2.05, 4.69) is 41.5 Å². The maximum absolute atomic E-state index is 6.15. The van der Waals surface area contributed by atoms with Crippen molar-refractivity contribution < 1.29 is 14.2 Å². The quantitative estimate of drug-likeness (QED) is 0.200. The number of ether oxygens (including phenoxy) is 3. The topological polar surface area (TPSA) is 27.7 Å². The van der Waals surface area contributed by atoms with Crippen molar-refractivity contribution in [1.82, 2.24) is 0 Å². The molecule has 0 aromatic carbocycles. The summed E-state index contributed by atoms with van der Waals surface area (Å²) in [6.07, 6.45) is 12.4. The van der Waals surface area contributed by atoms with E-state index in [4.69, 9.17) is 14.2 Å². The Kier molecular flexibility index (Phi) is 14.9. The summed E-state index contributed by atoms with van der Waals surface area (Å²) in [5.74, 6) is -0.509. The van der Waals surface area contributed by atoms with Crippen LogP contribution in [0.3, 0.4) is 0 Å². The van der Waals surface area contributed by atoms with E-state index in [-0.39, 0.29) is 5.41 Å². The van der Waals surface area contributed by atoms with E-state index in [0.29, 0.717) is 13.2 Å². The molecule has 152 valence electrons. The highest BCUT2D eigenvalue weighted by molar-refractivity contribution is 4.88. The minimum Gasteiger partial charge on any atom is -0.381 e. The van der Waals surface area contributed by atoms with Gasteiger partial charge in [-0.1, -0.05) is 59.3 Å². The molecule has 0 N–H and O–H groups in total. The van der Waals surface area contributed by atoms with Gasteiger partial charge in [-0.2, -0.15) is 0 Å². The van der Waals surface area contributed by atoms with Crippen molar-refractivity contribution in [2.45, 2.75) is 112 Å². The van der Waals surface area contributed by atoms with Crippen LogP contribution in [0.5, 0.6) is 0 Å². The summed E-state index contributed by atoms with van der Waals surface area (Å²) >= 11 is 0. The molecule has 0 amide bonds. The van der Waals surface area contributed by atoms with Gasteiger partial charge < -0.3 is 14.2 Å².